The normalized spacial score (nSPS) is 22.5. The zero-order valence-corrected chi connectivity index (χ0v) is 15.2. The number of anilines is 1. The van der Waals surface area contributed by atoms with Gasteiger partial charge in [-0.2, -0.15) is 0 Å². The molecule has 2 aliphatic rings. The number of hydrogen-bond donors (Lipinski definition) is 1. The minimum absolute atomic E-state index is 0.0534. The number of hydrogen-bond acceptors (Lipinski definition) is 6. The summed E-state index contributed by atoms with van der Waals surface area (Å²) in [5.41, 5.74) is 2.00. The third-order valence-electron chi connectivity index (χ3n) is 4.98. The molecular weight excluding hydrogens is 354 g/mol. The number of fused-ring (bicyclic) bond motifs is 1. The van der Waals surface area contributed by atoms with Gasteiger partial charge in [-0.3, -0.25) is 0 Å². The van der Waals surface area contributed by atoms with Gasteiger partial charge in [0.1, 0.15) is 6.33 Å². The minimum atomic E-state index is -2.99. The molecule has 3 heterocycles. The lowest BCUT2D eigenvalue weighted by Gasteiger charge is -2.36. The van der Waals surface area contributed by atoms with Crippen molar-refractivity contribution in [1.82, 2.24) is 20.2 Å². The second-order valence-corrected chi connectivity index (χ2v) is 9.02. The van der Waals surface area contributed by atoms with Crippen molar-refractivity contribution in [3.8, 4) is 0 Å². The lowest BCUT2D eigenvalue weighted by Crippen LogP contribution is -2.53. The van der Waals surface area contributed by atoms with Crippen LogP contribution < -0.4 is 10.2 Å². The molecule has 2 aromatic rings. The summed E-state index contributed by atoms with van der Waals surface area (Å²) in [5.74, 6) is 0.218. The largest absolute Gasteiger partial charge is 0.368 e. The van der Waals surface area contributed by atoms with E-state index < -0.39 is 9.84 Å². The van der Waals surface area contributed by atoms with Gasteiger partial charge < -0.3 is 15.1 Å². The second kappa shape index (κ2) is 6.71. The molecule has 1 N–H and O–H groups in total. The SMILES string of the molecule is O=C(NC1CCS(=O)(=O)C1)N1CCN(c2ccc3ncncc3c2)CC1. The lowest BCUT2D eigenvalue weighted by atomic mass is 10.2. The van der Waals surface area contributed by atoms with E-state index in [0.717, 1.165) is 29.7 Å². The van der Waals surface area contributed by atoms with E-state index in [4.69, 9.17) is 0 Å². The molecule has 8 nitrogen and oxygen atoms in total. The highest BCUT2D eigenvalue weighted by atomic mass is 32.2. The highest BCUT2D eigenvalue weighted by Crippen LogP contribution is 2.21. The van der Waals surface area contributed by atoms with E-state index in [1.54, 1.807) is 11.1 Å². The van der Waals surface area contributed by atoms with Crippen LogP contribution in [-0.2, 0) is 9.84 Å². The first kappa shape index (κ1) is 17.0. The van der Waals surface area contributed by atoms with Crippen LogP contribution in [0.1, 0.15) is 6.42 Å². The average Bonchev–Trinajstić information content (AvgIpc) is 2.99. The van der Waals surface area contributed by atoms with Crippen molar-refractivity contribution in [2.75, 3.05) is 42.6 Å². The van der Waals surface area contributed by atoms with Gasteiger partial charge in [0.15, 0.2) is 9.84 Å². The molecule has 2 amide bonds. The Kier molecular flexibility index (Phi) is 4.39. The Balaban J connectivity index is 1.35. The Morgan fingerprint density at radius 1 is 1.19 bits per heavy atom. The Labute approximate surface area is 152 Å². The predicted molar refractivity (Wildman–Crippen MR) is 98.9 cm³/mol. The predicted octanol–water partition coefficient (Wildman–Crippen LogP) is 0.649. The van der Waals surface area contributed by atoms with E-state index in [1.807, 2.05) is 12.1 Å². The van der Waals surface area contributed by atoms with Gasteiger partial charge in [-0.25, -0.2) is 23.2 Å². The Morgan fingerprint density at radius 2 is 2.00 bits per heavy atom. The number of urea groups is 1. The van der Waals surface area contributed by atoms with Gasteiger partial charge in [0.2, 0.25) is 0 Å². The third-order valence-corrected chi connectivity index (χ3v) is 6.75. The van der Waals surface area contributed by atoms with Crippen LogP contribution in [-0.4, -0.2) is 73.0 Å². The fraction of sp³-hybridized carbons (Fsp3) is 0.471. The molecule has 0 spiro atoms. The molecule has 1 unspecified atom stereocenters. The van der Waals surface area contributed by atoms with E-state index >= 15 is 0 Å². The third kappa shape index (κ3) is 3.57. The zero-order chi connectivity index (χ0) is 18.1. The maximum absolute atomic E-state index is 12.4. The molecule has 0 bridgehead atoms. The van der Waals surface area contributed by atoms with Gasteiger partial charge in [0, 0.05) is 49.5 Å². The van der Waals surface area contributed by atoms with Gasteiger partial charge in [0.25, 0.3) is 0 Å². The molecule has 0 radical (unpaired) electrons. The molecule has 138 valence electrons. The van der Waals surface area contributed by atoms with Crippen LogP contribution in [0.4, 0.5) is 10.5 Å². The van der Waals surface area contributed by atoms with Crippen LogP contribution in [0.25, 0.3) is 10.9 Å². The maximum atomic E-state index is 12.4. The van der Waals surface area contributed by atoms with Gasteiger partial charge >= 0.3 is 6.03 Å². The topological polar surface area (TPSA) is 95.5 Å². The van der Waals surface area contributed by atoms with Crippen LogP contribution in [0.15, 0.2) is 30.7 Å². The zero-order valence-electron chi connectivity index (χ0n) is 14.3. The highest BCUT2D eigenvalue weighted by Gasteiger charge is 2.31. The molecular formula is C17H21N5O3S. The van der Waals surface area contributed by atoms with Crippen LogP contribution in [0.3, 0.4) is 0 Å². The Morgan fingerprint density at radius 3 is 2.73 bits per heavy atom. The minimum Gasteiger partial charge on any atom is -0.368 e. The van der Waals surface area contributed by atoms with E-state index in [9.17, 15) is 13.2 Å². The van der Waals surface area contributed by atoms with Gasteiger partial charge in [-0.15, -0.1) is 0 Å². The molecule has 1 atom stereocenters. The Bertz CT molecular complexity index is 925. The number of benzene rings is 1. The number of amides is 2. The summed E-state index contributed by atoms with van der Waals surface area (Å²) in [6.45, 7) is 2.68. The van der Waals surface area contributed by atoms with Gasteiger partial charge in [-0.1, -0.05) is 0 Å². The molecule has 26 heavy (non-hydrogen) atoms. The number of nitrogens with one attached hydrogen (secondary N) is 1. The molecule has 4 rings (SSSR count). The number of carbonyl (C=O) groups excluding carboxylic acids is 1. The first-order valence-corrected chi connectivity index (χ1v) is 10.5. The van der Waals surface area contributed by atoms with Crippen molar-refractivity contribution in [2.24, 2.45) is 0 Å². The van der Waals surface area contributed by atoms with E-state index in [0.29, 0.717) is 19.5 Å². The van der Waals surface area contributed by atoms with Gasteiger partial charge in [0.05, 0.1) is 17.0 Å². The average molecular weight is 375 g/mol. The van der Waals surface area contributed by atoms with Crippen molar-refractivity contribution >= 4 is 32.5 Å². The summed E-state index contributed by atoms with van der Waals surface area (Å²) in [6.07, 6.45) is 3.84. The lowest BCUT2D eigenvalue weighted by molar-refractivity contribution is 0.191. The standard InChI is InChI=1S/C17H21N5O3S/c23-17(20-14-3-8-26(24,25)11-14)22-6-4-21(5-7-22)15-1-2-16-13(9-15)10-18-12-19-16/h1-2,9-10,12,14H,3-8,11H2,(H,20,23). The smallest absolute Gasteiger partial charge is 0.317 e. The monoisotopic (exact) mass is 375 g/mol. The molecule has 2 fully saturated rings. The summed E-state index contributed by atoms with van der Waals surface area (Å²) in [4.78, 5) is 24.6. The first-order valence-electron chi connectivity index (χ1n) is 8.71. The summed E-state index contributed by atoms with van der Waals surface area (Å²) >= 11 is 0. The summed E-state index contributed by atoms with van der Waals surface area (Å²) in [7, 11) is -2.99. The van der Waals surface area contributed by atoms with Gasteiger partial charge in [-0.05, 0) is 24.6 Å². The van der Waals surface area contributed by atoms with Crippen LogP contribution >= 0.6 is 0 Å². The molecule has 0 saturated carbocycles. The summed E-state index contributed by atoms with van der Waals surface area (Å²) < 4.78 is 23.0. The van der Waals surface area contributed by atoms with E-state index in [2.05, 4.69) is 26.3 Å². The van der Waals surface area contributed by atoms with Crippen molar-refractivity contribution in [2.45, 2.75) is 12.5 Å². The summed E-state index contributed by atoms with van der Waals surface area (Å²) in [6, 6.07) is 5.65. The number of piperazine rings is 1. The fourth-order valence-corrected chi connectivity index (χ4v) is 5.18. The van der Waals surface area contributed by atoms with Crippen LogP contribution in [0, 0.1) is 0 Å². The highest BCUT2D eigenvalue weighted by molar-refractivity contribution is 7.91. The second-order valence-electron chi connectivity index (χ2n) is 6.79. The van der Waals surface area contributed by atoms with Crippen LogP contribution in [0.5, 0.6) is 0 Å². The Hall–Kier alpha value is -2.42. The van der Waals surface area contributed by atoms with Crippen molar-refractivity contribution in [3.63, 3.8) is 0 Å². The molecule has 2 aliphatic heterocycles. The van der Waals surface area contributed by atoms with Crippen LogP contribution in [0.2, 0.25) is 0 Å². The molecule has 2 saturated heterocycles. The quantitative estimate of drug-likeness (QED) is 0.828. The summed E-state index contributed by atoms with van der Waals surface area (Å²) in [5, 5.41) is 3.85. The number of rotatable bonds is 2. The van der Waals surface area contributed by atoms with Crippen molar-refractivity contribution in [3.05, 3.63) is 30.7 Å². The van der Waals surface area contributed by atoms with Crippen molar-refractivity contribution in [1.29, 1.82) is 0 Å². The number of sulfone groups is 1. The fourth-order valence-electron chi connectivity index (χ4n) is 3.51. The molecule has 0 aliphatic carbocycles. The molecule has 1 aromatic carbocycles. The van der Waals surface area contributed by atoms with Crippen molar-refractivity contribution < 1.29 is 13.2 Å². The number of aromatic nitrogens is 2. The molecule has 1 aromatic heterocycles. The first-order chi connectivity index (χ1) is 12.5. The van der Waals surface area contributed by atoms with E-state index in [1.165, 1.54) is 6.33 Å². The molecule has 9 heteroatoms. The van der Waals surface area contributed by atoms with E-state index in [-0.39, 0.29) is 23.6 Å². The number of nitrogens with zero attached hydrogens (tertiary/aromatic N) is 4. The number of carbonyl (C=O) groups is 1. The maximum Gasteiger partial charge on any atom is 0.317 e.